The highest BCUT2D eigenvalue weighted by Gasteiger charge is 2.43. The number of rotatable bonds is 8. The number of amides is 2. The van der Waals surface area contributed by atoms with Crippen LogP contribution in [-0.2, 0) is 19.7 Å². The first-order chi connectivity index (χ1) is 17.4. The quantitative estimate of drug-likeness (QED) is 0.527. The summed E-state index contributed by atoms with van der Waals surface area (Å²) in [6.45, 7) is 10.3. The van der Waals surface area contributed by atoms with Crippen LogP contribution in [0.5, 0.6) is 0 Å². The molecule has 3 rings (SSSR count). The van der Waals surface area contributed by atoms with Gasteiger partial charge in [-0.15, -0.1) is 0 Å². The van der Waals surface area contributed by atoms with Crippen molar-refractivity contribution < 1.29 is 19.4 Å². The Kier molecular flexibility index (Phi) is 8.57. The highest BCUT2D eigenvalue weighted by molar-refractivity contribution is 6.04. The van der Waals surface area contributed by atoms with E-state index >= 15 is 0 Å². The normalized spacial score (nSPS) is 18.7. The van der Waals surface area contributed by atoms with Crippen molar-refractivity contribution in [3.05, 3.63) is 59.9 Å². The number of aliphatic hydroxyl groups excluding tert-OH is 1. The summed E-state index contributed by atoms with van der Waals surface area (Å²) in [7, 11) is 1.57. The van der Waals surface area contributed by atoms with Crippen molar-refractivity contribution in [3.63, 3.8) is 0 Å². The Morgan fingerprint density at radius 3 is 2.46 bits per heavy atom. The maximum atomic E-state index is 14.1. The Labute approximate surface area is 219 Å². The maximum absolute atomic E-state index is 14.1. The largest absolute Gasteiger partial charge is 0.391 e. The molecule has 2 amide bonds. The van der Waals surface area contributed by atoms with Gasteiger partial charge in [0.05, 0.1) is 18.2 Å². The fourth-order valence-electron chi connectivity index (χ4n) is 4.27. The lowest BCUT2D eigenvalue weighted by Gasteiger charge is -2.35. The van der Waals surface area contributed by atoms with Gasteiger partial charge in [0.25, 0.3) is 5.91 Å². The number of carbonyl (C=O) groups is 2. The molecule has 1 fully saturated rings. The molecular formula is C28H37N5O4. The minimum atomic E-state index is -1.06. The lowest BCUT2D eigenvalue weighted by molar-refractivity contribution is -0.128. The Bertz CT molecular complexity index is 1120. The fourth-order valence-corrected chi connectivity index (χ4v) is 4.27. The molecule has 3 atom stereocenters. The molecule has 37 heavy (non-hydrogen) atoms. The van der Waals surface area contributed by atoms with Crippen molar-refractivity contribution in [1.29, 1.82) is 5.26 Å². The molecule has 1 saturated heterocycles. The second-order valence-electron chi connectivity index (χ2n) is 11.0. The standard InChI is InChI=1S/C28H37N5O4/c1-27(2,3)20-9-11-21(12-10-20)33(26(36)23-14-22(34)16-32(23)18-29)24(19-8-7-13-30-15-19)25(35)31-17-28(4,5)37-6/h7-13,15,22-24,34H,14,16-17H2,1-6H3,(H,31,35)/t22-,23-,24?/m1/s1. The molecular weight excluding hydrogens is 470 g/mol. The summed E-state index contributed by atoms with van der Waals surface area (Å²) in [5.74, 6) is -0.856. The van der Waals surface area contributed by atoms with Crippen molar-refractivity contribution >= 4 is 17.5 Å². The van der Waals surface area contributed by atoms with E-state index < -0.39 is 35.6 Å². The Balaban J connectivity index is 2.12. The molecule has 0 aliphatic carbocycles. The summed E-state index contributed by atoms with van der Waals surface area (Å²) in [5.41, 5.74) is 1.37. The number of anilines is 1. The number of hydrogen-bond donors (Lipinski definition) is 2. The van der Waals surface area contributed by atoms with Crippen LogP contribution in [0.15, 0.2) is 48.8 Å². The van der Waals surface area contributed by atoms with Crippen LogP contribution in [0.4, 0.5) is 5.69 Å². The third kappa shape index (κ3) is 6.64. The van der Waals surface area contributed by atoms with Crippen molar-refractivity contribution in [1.82, 2.24) is 15.2 Å². The van der Waals surface area contributed by atoms with Crippen LogP contribution in [0.3, 0.4) is 0 Å². The van der Waals surface area contributed by atoms with E-state index in [0.29, 0.717) is 11.3 Å². The topological polar surface area (TPSA) is 119 Å². The summed E-state index contributed by atoms with van der Waals surface area (Å²) in [5, 5.41) is 22.8. The average Bonchev–Trinajstić information content (AvgIpc) is 3.26. The van der Waals surface area contributed by atoms with E-state index in [4.69, 9.17) is 4.74 Å². The van der Waals surface area contributed by atoms with Gasteiger partial charge in [-0.2, -0.15) is 5.26 Å². The molecule has 2 N–H and O–H groups in total. The lowest BCUT2D eigenvalue weighted by Crippen LogP contribution is -2.51. The van der Waals surface area contributed by atoms with Crippen LogP contribution in [-0.4, -0.2) is 64.8 Å². The summed E-state index contributed by atoms with van der Waals surface area (Å²) in [6.07, 6.45) is 4.46. The van der Waals surface area contributed by atoms with Crippen LogP contribution in [0, 0.1) is 11.5 Å². The molecule has 0 radical (unpaired) electrons. The molecule has 9 nitrogen and oxygen atoms in total. The number of aromatic nitrogens is 1. The molecule has 9 heteroatoms. The van der Waals surface area contributed by atoms with Gasteiger partial charge in [-0.25, -0.2) is 0 Å². The Hall–Kier alpha value is -3.48. The molecule has 1 aliphatic heterocycles. The number of likely N-dealkylation sites (tertiary alicyclic amines) is 1. The molecule has 198 valence electrons. The molecule has 1 unspecified atom stereocenters. The SMILES string of the molecule is COC(C)(C)CNC(=O)C(c1cccnc1)N(C(=O)[C@H]1C[C@@H](O)CN1C#N)c1ccc(C(C)(C)C)cc1. The zero-order chi connectivity index (χ0) is 27.4. The number of carbonyl (C=O) groups excluding carboxylic acids is 2. The van der Waals surface area contributed by atoms with Crippen molar-refractivity contribution in [2.75, 3.05) is 25.1 Å². The van der Waals surface area contributed by atoms with Gasteiger partial charge >= 0.3 is 0 Å². The minimum absolute atomic E-state index is 0.0650. The van der Waals surface area contributed by atoms with E-state index in [1.54, 1.807) is 31.6 Å². The van der Waals surface area contributed by atoms with E-state index in [1.165, 1.54) is 9.80 Å². The average molecular weight is 508 g/mol. The van der Waals surface area contributed by atoms with Gasteiger partial charge in [-0.3, -0.25) is 24.4 Å². The van der Waals surface area contributed by atoms with Gasteiger partial charge < -0.3 is 15.2 Å². The number of nitrogens with zero attached hydrogens (tertiary/aromatic N) is 4. The summed E-state index contributed by atoms with van der Waals surface area (Å²) in [6, 6.07) is 9.00. The van der Waals surface area contributed by atoms with Gasteiger partial charge in [0.1, 0.15) is 12.1 Å². The molecule has 0 bridgehead atoms. The van der Waals surface area contributed by atoms with E-state index in [-0.39, 0.29) is 24.9 Å². The third-order valence-corrected chi connectivity index (χ3v) is 6.69. The fraction of sp³-hybridized carbons (Fsp3) is 0.500. The number of nitriles is 1. The van der Waals surface area contributed by atoms with Crippen LogP contribution >= 0.6 is 0 Å². The highest BCUT2D eigenvalue weighted by atomic mass is 16.5. The molecule has 1 aliphatic rings. The van der Waals surface area contributed by atoms with E-state index in [1.807, 2.05) is 44.3 Å². The van der Waals surface area contributed by atoms with E-state index in [0.717, 1.165) is 5.56 Å². The monoisotopic (exact) mass is 507 g/mol. The summed E-state index contributed by atoms with van der Waals surface area (Å²) in [4.78, 5) is 34.8. The molecule has 2 heterocycles. The van der Waals surface area contributed by atoms with Crippen LogP contribution < -0.4 is 10.2 Å². The zero-order valence-corrected chi connectivity index (χ0v) is 22.4. The molecule has 0 spiro atoms. The van der Waals surface area contributed by atoms with Crippen LogP contribution in [0.1, 0.15) is 58.2 Å². The molecule has 1 aromatic carbocycles. The summed E-state index contributed by atoms with van der Waals surface area (Å²) < 4.78 is 5.45. The second kappa shape index (κ2) is 11.3. The third-order valence-electron chi connectivity index (χ3n) is 6.69. The first-order valence-electron chi connectivity index (χ1n) is 12.4. The Morgan fingerprint density at radius 1 is 1.24 bits per heavy atom. The zero-order valence-electron chi connectivity index (χ0n) is 22.4. The molecule has 0 saturated carbocycles. The smallest absolute Gasteiger partial charge is 0.251 e. The number of ether oxygens (including phenoxy) is 1. The Morgan fingerprint density at radius 2 is 1.92 bits per heavy atom. The second-order valence-corrected chi connectivity index (χ2v) is 11.0. The van der Waals surface area contributed by atoms with Crippen LogP contribution in [0.25, 0.3) is 0 Å². The number of β-amino-alcohol motifs (C(OH)–C–C–N with tert-alkyl or cyclic N) is 1. The number of hydrogen-bond acceptors (Lipinski definition) is 7. The van der Waals surface area contributed by atoms with Gasteiger partial charge in [-0.05, 0) is 43.0 Å². The van der Waals surface area contributed by atoms with Crippen molar-refractivity contribution in [3.8, 4) is 6.19 Å². The van der Waals surface area contributed by atoms with Gasteiger partial charge in [0.15, 0.2) is 6.19 Å². The minimum Gasteiger partial charge on any atom is -0.391 e. The predicted molar refractivity (Wildman–Crippen MR) is 140 cm³/mol. The molecule has 1 aromatic heterocycles. The highest BCUT2D eigenvalue weighted by Crippen LogP contribution is 2.33. The van der Waals surface area contributed by atoms with Crippen molar-refractivity contribution in [2.45, 2.75) is 70.2 Å². The number of methoxy groups -OCH3 is 1. The number of pyridine rings is 1. The van der Waals surface area contributed by atoms with Gasteiger partial charge in [0.2, 0.25) is 5.91 Å². The summed E-state index contributed by atoms with van der Waals surface area (Å²) >= 11 is 0. The van der Waals surface area contributed by atoms with E-state index in [2.05, 4.69) is 31.1 Å². The lowest BCUT2D eigenvalue weighted by atomic mass is 9.87. The molecule has 2 aromatic rings. The van der Waals surface area contributed by atoms with Crippen molar-refractivity contribution in [2.24, 2.45) is 0 Å². The van der Waals surface area contributed by atoms with E-state index in [9.17, 15) is 20.0 Å². The predicted octanol–water partition coefficient (Wildman–Crippen LogP) is 2.91. The first kappa shape index (κ1) is 28.1. The number of benzene rings is 1. The number of aliphatic hydroxyl groups is 1. The maximum Gasteiger partial charge on any atom is 0.251 e. The van der Waals surface area contributed by atoms with Gasteiger partial charge in [-0.1, -0.05) is 39.0 Å². The number of nitrogens with one attached hydrogen (secondary N) is 1. The van der Waals surface area contributed by atoms with Gasteiger partial charge in [0, 0.05) is 43.7 Å². The van der Waals surface area contributed by atoms with Crippen LogP contribution in [0.2, 0.25) is 0 Å². The first-order valence-corrected chi connectivity index (χ1v) is 12.4.